The maximum absolute atomic E-state index is 13.2. The van der Waals surface area contributed by atoms with Crippen molar-refractivity contribution in [3.05, 3.63) is 104 Å². The Kier molecular flexibility index (Phi) is 8.84. The second-order valence-corrected chi connectivity index (χ2v) is 9.14. The molecule has 3 aromatic carbocycles. The Morgan fingerprint density at radius 2 is 1.70 bits per heavy atom. The van der Waals surface area contributed by atoms with Gasteiger partial charge in [-0.2, -0.15) is 0 Å². The van der Waals surface area contributed by atoms with Crippen molar-refractivity contribution in [3.63, 3.8) is 0 Å². The van der Waals surface area contributed by atoms with Gasteiger partial charge in [0.15, 0.2) is 5.43 Å². The third kappa shape index (κ3) is 5.97. The summed E-state index contributed by atoms with van der Waals surface area (Å²) < 4.78 is 7.23. The van der Waals surface area contributed by atoms with Crippen LogP contribution >= 0.6 is 23.2 Å². The van der Waals surface area contributed by atoms with E-state index >= 15 is 0 Å². The molecule has 192 valence electrons. The molecule has 37 heavy (non-hydrogen) atoms. The van der Waals surface area contributed by atoms with Gasteiger partial charge in [0.25, 0.3) is 5.91 Å². The number of nitrogens with zero attached hydrogens (tertiary/aromatic N) is 2. The number of aliphatic hydroxyl groups is 1. The van der Waals surface area contributed by atoms with Crippen molar-refractivity contribution in [2.75, 3.05) is 38.3 Å². The molecular weight excluding hydrogens is 513 g/mol. The van der Waals surface area contributed by atoms with Crippen LogP contribution in [-0.4, -0.2) is 49.0 Å². The summed E-state index contributed by atoms with van der Waals surface area (Å²) in [5.41, 5.74) is 3.22. The predicted octanol–water partition coefficient (Wildman–Crippen LogP) is 4.67. The molecule has 2 N–H and O–H groups in total. The smallest absolute Gasteiger partial charge is 0.251 e. The summed E-state index contributed by atoms with van der Waals surface area (Å²) in [4.78, 5) is 28.3. The highest BCUT2D eigenvalue weighted by atomic mass is 35.5. The quantitative estimate of drug-likeness (QED) is 0.385. The number of morpholine rings is 1. The maximum Gasteiger partial charge on any atom is 0.251 e. The van der Waals surface area contributed by atoms with Crippen LogP contribution in [0.4, 0.5) is 5.69 Å². The van der Waals surface area contributed by atoms with E-state index in [1.165, 1.54) is 0 Å². The van der Waals surface area contributed by atoms with E-state index in [9.17, 15) is 9.59 Å². The van der Waals surface area contributed by atoms with E-state index < -0.39 is 0 Å². The van der Waals surface area contributed by atoms with Crippen molar-refractivity contribution < 1.29 is 14.6 Å². The first kappa shape index (κ1) is 26.7. The molecule has 1 aromatic heterocycles. The number of ether oxygens (including phenoxy) is 1. The number of para-hydroxylation sites is 1. The first-order chi connectivity index (χ1) is 18.0. The highest BCUT2D eigenvalue weighted by molar-refractivity contribution is 6.32. The lowest BCUT2D eigenvalue weighted by atomic mass is 10.1. The number of amides is 1. The van der Waals surface area contributed by atoms with Crippen LogP contribution in [0.2, 0.25) is 10.0 Å². The van der Waals surface area contributed by atoms with Gasteiger partial charge in [-0.3, -0.25) is 9.59 Å². The molecule has 2 heterocycles. The van der Waals surface area contributed by atoms with Crippen LogP contribution in [-0.2, 0) is 11.3 Å². The minimum Gasteiger partial charge on any atom is -0.400 e. The first-order valence-electron chi connectivity index (χ1n) is 11.8. The minimum absolute atomic E-state index is 0.0753. The molecule has 5 rings (SSSR count). The van der Waals surface area contributed by atoms with E-state index in [0.29, 0.717) is 51.0 Å². The van der Waals surface area contributed by atoms with Gasteiger partial charge in [-0.15, -0.1) is 0 Å². The van der Waals surface area contributed by atoms with Crippen molar-refractivity contribution >= 4 is 45.7 Å². The molecule has 0 unspecified atom stereocenters. The number of rotatable bonds is 5. The van der Waals surface area contributed by atoms with Gasteiger partial charge in [-0.25, -0.2) is 0 Å². The number of carbonyl (C=O) groups excluding carboxylic acids is 1. The Bertz CT molecular complexity index is 1450. The number of aromatic nitrogens is 1. The number of nitrogens with one attached hydrogen (secondary N) is 1. The second-order valence-electron chi connectivity index (χ2n) is 8.30. The first-order valence-corrected chi connectivity index (χ1v) is 12.5. The maximum atomic E-state index is 13.2. The summed E-state index contributed by atoms with van der Waals surface area (Å²) in [6.07, 6.45) is 1.71. The van der Waals surface area contributed by atoms with Gasteiger partial charge in [-0.05, 0) is 54.6 Å². The summed E-state index contributed by atoms with van der Waals surface area (Å²) >= 11 is 12.7. The van der Waals surface area contributed by atoms with Gasteiger partial charge in [-0.1, -0.05) is 35.3 Å². The van der Waals surface area contributed by atoms with Crippen molar-refractivity contribution in [1.82, 2.24) is 9.88 Å². The van der Waals surface area contributed by atoms with Gasteiger partial charge in [0.2, 0.25) is 0 Å². The van der Waals surface area contributed by atoms with Crippen LogP contribution in [0.5, 0.6) is 0 Å². The number of hydrogen-bond donors (Lipinski definition) is 2. The molecule has 0 aliphatic carbocycles. The average Bonchev–Trinajstić information content (AvgIpc) is 2.94. The van der Waals surface area contributed by atoms with Gasteiger partial charge in [0, 0.05) is 60.2 Å². The zero-order chi connectivity index (χ0) is 26.4. The molecule has 1 aliphatic heterocycles. The molecule has 1 aliphatic rings. The highest BCUT2D eigenvalue weighted by Crippen LogP contribution is 2.26. The van der Waals surface area contributed by atoms with Gasteiger partial charge >= 0.3 is 0 Å². The molecule has 9 heteroatoms. The van der Waals surface area contributed by atoms with Crippen molar-refractivity contribution in [2.45, 2.75) is 6.54 Å². The number of pyridine rings is 1. The molecule has 0 atom stereocenters. The molecule has 4 aromatic rings. The fourth-order valence-electron chi connectivity index (χ4n) is 4.25. The minimum atomic E-state index is -0.251. The summed E-state index contributed by atoms with van der Waals surface area (Å²) in [7, 11) is 1.00. The molecule has 1 fully saturated rings. The van der Waals surface area contributed by atoms with Gasteiger partial charge < -0.3 is 24.6 Å². The van der Waals surface area contributed by atoms with Crippen molar-refractivity contribution in [3.8, 4) is 5.69 Å². The molecule has 1 amide bonds. The Balaban J connectivity index is 0.00000156. The van der Waals surface area contributed by atoms with E-state index in [2.05, 4.69) is 10.2 Å². The van der Waals surface area contributed by atoms with Crippen LogP contribution in [0.1, 0.15) is 15.9 Å². The standard InChI is InChI=1S/C27H23Cl2N3O3.CH4O/c28-20-7-10-22-25(15-20)32(24-4-2-1-3-23(24)29)17-19(26(22)33)16-30-27(34)18-5-8-21(9-6-18)31-11-13-35-14-12-31;1-2/h1-10,15,17H,11-14,16H2,(H,30,34);2H,1H3. The van der Waals surface area contributed by atoms with Crippen LogP contribution < -0.4 is 15.6 Å². The summed E-state index contributed by atoms with van der Waals surface area (Å²) in [5, 5.41) is 11.4. The second kappa shape index (κ2) is 12.3. The number of aliphatic hydroxyl groups excluding tert-OH is 1. The Labute approximate surface area is 224 Å². The molecule has 0 saturated carbocycles. The number of hydrogen-bond acceptors (Lipinski definition) is 5. The normalized spacial score (nSPS) is 13.1. The fraction of sp³-hybridized carbons (Fsp3) is 0.214. The third-order valence-corrected chi connectivity index (χ3v) is 6.65. The number of anilines is 1. The van der Waals surface area contributed by atoms with Gasteiger partial charge in [0.1, 0.15) is 0 Å². The molecule has 1 saturated heterocycles. The van der Waals surface area contributed by atoms with Crippen LogP contribution in [0.3, 0.4) is 0 Å². The topological polar surface area (TPSA) is 83.8 Å². The molecule has 0 spiro atoms. The van der Waals surface area contributed by atoms with E-state index in [4.69, 9.17) is 33.0 Å². The lowest BCUT2D eigenvalue weighted by Crippen LogP contribution is -2.36. The number of carbonyl (C=O) groups is 1. The lowest BCUT2D eigenvalue weighted by molar-refractivity contribution is 0.0950. The predicted molar refractivity (Wildman–Crippen MR) is 148 cm³/mol. The highest BCUT2D eigenvalue weighted by Gasteiger charge is 2.15. The summed E-state index contributed by atoms with van der Waals surface area (Å²) in [5.74, 6) is -0.251. The Hall–Kier alpha value is -3.36. The summed E-state index contributed by atoms with van der Waals surface area (Å²) in [6.45, 7) is 3.14. The van der Waals surface area contributed by atoms with Gasteiger partial charge in [0.05, 0.1) is 29.4 Å². The zero-order valence-corrected chi connectivity index (χ0v) is 21.8. The summed E-state index contributed by atoms with van der Waals surface area (Å²) in [6, 6.07) is 19.9. The molecular formula is C28H27Cl2N3O4. The molecule has 7 nitrogen and oxygen atoms in total. The van der Waals surface area contributed by atoms with E-state index in [1.807, 2.05) is 34.9 Å². The monoisotopic (exact) mass is 539 g/mol. The number of fused-ring (bicyclic) bond motifs is 1. The van der Waals surface area contributed by atoms with E-state index in [0.717, 1.165) is 25.9 Å². The van der Waals surface area contributed by atoms with Crippen LogP contribution in [0.25, 0.3) is 16.6 Å². The number of halogens is 2. The molecule has 0 radical (unpaired) electrons. The number of benzene rings is 3. The van der Waals surface area contributed by atoms with Crippen molar-refractivity contribution in [1.29, 1.82) is 0 Å². The fourth-order valence-corrected chi connectivity index (χ4v) is 4.64. The van der Waals surface area contributed by atoms with Crippen molar-refractivity contribution in [2.24, 2.45) is 0 Å². The average molecular weight is 540 g/mol. The van der Waals surface area contributed by atoms with E-state index in [1.54, 1.807) is 42.6 Å². The van der Waals surface area contributed by atoms with Crippen LogP contribution in [0, 0.1) is 0 Å². The zero-order valence-electron chi connectivity index (χ0n) is 20.3. The molecule has 0 bridgehead atoms. The van der Waals surface area contributed by atoms with E-state index in [-0.39, 0.29) is 17.9 Å². The largest absolute Gasteiger partial charge is 0.400 e. The third-order valence-electron chi connectivity index (χ3n) is 6.10. The SMILES string of the molecule is CO.O=C(NCc1cn(-c2ccccc2Cl)c2cc(Cl)ccc2c1=O)c1ccc(N2CCOCC2)cc1. The Morgan fingerprint density at radius 1 is 1.00 bits per heavy atom. The Morgan fingerprint density at radius 3 is 2.41 bits per heavy atom. The lowest BCUT2D eigenvalue weighted by Gasteiger charge is -2.28. The van der Waals surface area contributed by atoms with Crippen LogP contribution in [0.15, 0.2) is 77.7 Å².